The zero-order chi connectivity index (χ0) is 28.9. The smallest absolute Gasteiger partial charge is 0.253 e. The van der Waals surface area contributed by atoms with Crippen molar-refractivity contribution in [3.63, 3.8) is 0 Å². The normalized spacial score (nSPS) is 13.3. The van der Waals surface area contributed by atoms with E-state index in [9.17, 15) is 28.6 Å². The molecular formula is C30H38F2N2O5. The molecule has 7 nitrogen and oxygen atoms in total. The maximum absolute atomic E-state index is 13.8. The molecule has 0 saturated heterocycles. The average Bonchev–Trinajstić information content (AvgIpc) is 2.88. The first kappa shape index (κ1) is 31.9. The first-order chi connectivity index (χ1) is 18.6. The summed E-state index contributed by atoms with van der Waals surface area (Å²) in [5.41, 5.74) is 1.39. The van der Waals surface area contributed by atoms with E-state index < -0.39 is 35.8 Å². The Hall–Kier alpha value is -3.32. The molecule has 0 fully saturated rings. The van der Waals surface area contributed by atoms with Crippen LogP contribution in [0.25, 0.3) is 0 Å². The second-order valence-corrected chi connectivity index (χ2v) is 9.53. The van der Waals surface area contributed by atoms with Crippen molar-refractivity contribution in [3.8, 4) is 12.3 Å². The van der Waals surface area contributed by atoms with Gasteiger partial charge in [-0.05, 0) is 67.6 Å². The average molecular weight is 545 g/mol. The highest BCUT2D eigenvalue weighted by molar-refractivity contribution is 6.00. The molecular weight excluding hydrogens is 506 g/mol. The van der Waals surface area contributed by atoms with E-state index in [0.29, 0.717) is 36.7 Å². The number of carbonyl (C=O) groups is 2. The molecule has 0 saturated carbocycles. The summed E-state index contributed by atoms with van der Waals surface area (Å²) in [6, 6.07) is 6.54. The second-order valence-electron chi connectivity index (χ2n) is 9.53. The number of aliphatic hydroxyl groups excluding tert-OH is 2. The van der Waals surface area contributed by atoms with Crippen LogP contribution in [0.5, 0.6) is 0 Å². The van der Waals surface area contributed by atoms with Crippen molar-refractivity contribution in [3.05, 3.63) is 70.3 Å². The molecule has 3 N–H and O–H groups in total. The van der Waals surface area contributed by atoms with Crippen LogP contribution >= 0.6 is 0 Å². The first-order valence-electron chi connectivity index (χ1n) is 13.1. The number of nitrogens with zero attached hydrogens (tertiary/aromatic N) is 1. The van der Waals surface area contributed by atoms with E-state index in [0.717, 1.165) is 25.0 Å². The SMILES string of the molecule is C#CCCOCC(O)[C@H](O)[C@H](Cc1cc(F)cc(F)c1)NC(=O)c1cc(C)cc(C(=O)N(CCC)CCC)c1. The van der Waals surface area contributed by atoms with Gasteiger partial charge in [0.05, 0.1) is 19.3 Å². The van der Waals surface area contributed by atoms with Crippen LogP contribution in [-0.4, -0.2) is 71.5 Å². The number of carbonyl (C=O) groups excluding carboxylic acids is 2. The van der Waals surface area contributed by atoms with Crippen LogP contribution in [0.3, 0.4) is 0 Å². The van der Waals surface area contributed by atoms with Crippen molar-refractivity contribution in [1.82, 2.24) is 10.2 Å². The molecule has 0 radical (unpaired) electrons. The van der Waals surface area contributed by atoms with Crippen LogP contribution in [-0.2, 0) is 11.2 Å². The van der Waals surface area contributed by atoms with Crippen molar-refractivity contribution in [2.24, 2.45) is 0 Å². The van der Waals surface area contributed by atoms with E-state index in [1.807, 2.05) is 13.8 Å². The molecule has 2 rings (SSSR count). The molecule has 9 heteroatoms. The summed E-state index contributed by atoms with van der Waals surface area (Å²) in [7, 11) is 0. The van der Waals surface area contributed by atoms with Crippen molar-refractivity contribution in [2.45, 2.75) is 64.7 Å². The third-order valence-electron chi connectivity index (χ3n) is 6.04. The van der Waals surface area contributed by atoms with Crippen LogP contribution in [0.2, 0.25) is 0 Å². The van der Waals surface area contributed by atoms with Gasteiger partial charge in [-0.1, -0.05) is 13.8 Å². The standard InChI is InChI=1S/C30H38F2N2O5/c1-5-8-11-39-19-27(35)28(36)26(16-21-14-24(31)18-25(32)15-21)33-29(37)22-12-20(4)13-23(17-22)30(38)34(9-6-2)10-7-3/h1,12-15,17-18,26-28,35-36H,6-11,16,19H2,2-4H3,(H,33,37)/t26-,27?,28+/m0/s1. The third kappa shape index (κ3) is 10.1. The number of terminal acetylenes is 1. The van der Waals surface area contributed by atoms with E-state index in [1.54, 1.807) is 24.0 Å². The highest BCUT2D eigenvalue weighted by atomic mass is 19.1. The van der Waals surface area contributed by atoms with E-state index in [2.05, 4.69) is 11.2 Å². The van der Waals surface area contributed by atoms with E-state index in [-0.39, 0.29) is 36.7 Å². The molecule has 212 valence electrons. The molecule has 3 atom stereocenters. The fourth-order valence-electron chi connectivity index (χ4n) is 4.27. The van der Waals surface area contributed by atoms with Gasteiger partial charge in [0.2, 0.25) is 0 Å². The van der Waals surface area contributed by atoms with Gasteiger partial charge < -0.3 is 25.2 Å². The summed E-state index contributed by atoms with van der Waals surface area (Å²) < 4.78 is 32.9. The maximum Gasteiger partial charge on any atom is 0.253 e. The Balaban J connectivity index is 2.32. The van der Waals surface area contributed by atoms with E-state index in [4.69, 9.17) is 11.2 Å². The number of rotatable bonds is 15. The van der Waals surface area contributed by atoms with Gasteiger partial charge >= 0.3 is 0 Å². The lowest BCUT2D eigenvalue weighted by Gasteiger charge is -2.28. The number of ether oxygens (including phenoxy) is 1. The molecule has 0 aliphatic rings. The van der Waals surface area contributed by atoms with Crippen LogP contribution in [0.4, 0.5) is 8.78 Å². The summed E-state index contributed by atoms with van der Waals surface area (Å²) in [4.78, 5) is 28.2. The summed E-state index contributed by atoms with van der Waals surface area (Å²) in [5.74, 6) is -0.0397. The number of benzene rings is 2. The summed E-state index contributed by atoms with van der Waals surface area (Å²) in [5, 5.41) is 24.1. The predicted molar refractivity (Wildman–Crippen MR) is 145 cm³/mol. The van der Waals surface area contributed by atoms with Crippen molar-refractivity contribution < 1.29 is 33.3 Å². The number of hydrogen-bond acceptors (Lipinski definition) is 5. The topological polar surface area (TPSA) is 99.1 Å². The van der Waals surface area contributed by atoms with Gasteiger partial charge in [-0.15, -0.1) is 12.3 Å². The Morgan fingerprint density at radius 1 is 1.03 bits per heavy atom. The molecule has 0 aliphatic heterocycles. The van der Waals surface area contributed by atoms with Gasteiger partial charge in [0, 0.05) is 36.7 Å². The molecule has 0 aromatic heterocycles. The molecule has 2 amide bonds. The minimum atomic E-state index is -1.54. The lowest BCUT2D eigenvalue weighted by atomic mass is 9.96. The predicted octanol–water partition coefficient (Wildman–Crippen LogP) is 3.64. The second kappa shape index (κ2) is 15.9. The Morgan fingerprint density at radius 3 is 2.23 bits per heavy atom. The third-order valence-corrected chi connectivity index (χ3v) is 6.04. The fraction of sp³-hybridized carbons (Fsp3) is 0.467. The van der Waals surface area contributed by atoms with Crippen LogP contribution in [0.1, 0.15) is 65.0 Å². The molecule has 2 aromatic carbocycles. The summed E-state index contributed by atoms with van der Waals surface area (Å²) >= 11 is 0. The van der Waals surface area contributed by atoms with Crippen LogP contribution < -0.4 is 5.32 Å². The minimum absolute atomic E-state index is 0.166. The van der Waals surface area contributed by atoms with E-state index in [1.165, 1.54) is 6.07 Å². The molecule has 39 heavy (non-hydrogen) atoms. The molecule has 1 unspecified atom stereocenters. The van der Waals surface area contributed by atoms with Gasteiger partial charge in [-0.3, -0.25) is 9.59 Å². The first-order valence-corrected chi connectivity index (χ1v) is 13.1. The Morgan fingerprint density at radius 2 is 1.64 bits per heavy atom. The van der Waals surface area contributed by atoms with Gasteiger partial charge in [0.25, 0.3) is 11.8 Å². The largest absolute Gasteiger partial charge is 0.388 e. The van der Waals surface area contributed by atoms with Gasteiger partial charge in [0.15, 0.2) is 0 Å². The molecule has 2 aromatic rings. The summed E-state index contributed by atoms with van der Waals surface area (Å²) in [6.07, 6.45) is 3.94. The van der Waals surface area contributed by atoms with Crippen LogP contribution in [0.15, 0.2) is 36.4 Å². The van der Waals surface area contributed by atoms with Crippen molar-refractivity contribution in [2.75, 3.05) is 26.3 Å². The lowest BCUT2D eigenvalue weighted by molar-refractivity contribution is -0.0498. The quantitative estimate of drug-likeness (QED) is 0.235. The molecule has 0 heterocycles. The molecule has 0 spiro atoms. The zero-order valence-corrected chi connectivity index (χ0v) is 22.8. The number of aliphatic hydroxyl groups is 2. The summed E-state index contributed by atoms with van der Waals surface area (Å²) in [6.45, 7) is 6.80. The monoisotopic (exact) mass is 544 g/mol. The number of hydrogen-bond donors (Lipinski definition) is 3. The number of halogens is 2. The number of aryl methyl sites for hydroxylation is 1. The Labute approximate surface area is 229 Å². The number of nitrogens with one attached hydrogen (secondary N) is 1. The minimum Gasteiger partial charge on any atom is -0.388 e. The van der Waals surface area contributed by atoms with Crippen LogP contribution in [0, 0.1) is 30.9 Å². The van der Waals surface area contributed by atoms with E-state index >= 15 is 0 Å². The fourth-order valence-corrected chi connectivity index (χ4v) is 4.27. The molecule has 0 bridgehead atoms. The van der Waals surface area contributed by atoms with Crippen molar-refractivity contribution >= 4 is 11.8 Å². The number of amides is 2. The zero-order valence-electron chi connectivity index (χ0n) is 22.8. The maximum atomic E-state index is 13.8. The van der Waals surface area contributed by atoms with Crippen molar-refractivity contribution in [1.29, 1.82) is 0 Å². The highest BCUT2D eigenvalue weighted by Gasteiger charge is 2.29. The van der Waals surface area contributed by atoms with Gasteiger partial charge in [-0.25, -0.2) is 8.78 Å². The Kier molecular flexibility index (Phi) is 13.0. The highest BCUT2D eigenvalue weighted by Crippen LogP contribution is 2.17. The van der Waals surface area contributed by atoms with Gasteiger partial charge in [0.1, 0.15) is 23.8 Å². The van der Waals surface area contributed by atoms with Gasteiger partial charge in [-0.2, -0.15) is 0 Å². The lowest BCUT2D eigenvalue weighted by Crippen LogP contribution is -2.51. The molecule has 0 aliphatic carbocycles. The Bertz CT molecular complexity index is 1120.